The van der Waals surface area contributed by atoms with E-state index >= 15 is 0 Å². The fraction of sp³-hybridized carbons (Fsp3) is 0.923. The summed E-state index contributed by atoms with van der Waals surface area (Å²) in [5.74, 6) is 1.02. The molecule has 0 fully saturated rings. The van der Waals surface area contributed by atoms with E-state index in [1.165, 1.54) is 0 Å². The second-order valence-corrected chi connectivity index (χ2v) is 4.99. The molecule has 0 aromatic heterocycles. The first-order chi connectivity index (χ1) is 8.04. The Balaban J connectivity index is 4.16. The third-order valence-electron chi connectivity index (χ3n) is 2.92. The summed E-state index contributed by atoms with van der Waals surface area (Å²) >= 11 is 0. The first-order valence-electron chi connectivity index (χ1n) is 6.63. The zero-order valence-electron chi connectivity index (χ0n) is 11.5. The van der Waals surface area contributed by atoms with E-state index in [-0.39, 0.29) is 18.4 Å². The largest absolute Gasteiger partial charge is 0.396 e. The van der Waals surface area contributed by atoms with Crippen LogP contribution in [-0.2, 0) is 4.79 Å². The van der Waals surface area contributed by atoms with Gasteiger partial charge in [0, 0.05) is 26.1 Å². The van der Waals surface area contributed by atoms with Gasteiger partial charge in [-0.1, -0.05) is 13.8 Å². The van der Waals surface area contributed by atoms with Crippen LogP contribution in [0.3, 0.4) is 0 Å². The molecule has 4 nitrogen and oxygen atoms in total. The number of aliphatic hydroxyl groups excluding tert-OH is 1. The molecule has 0 aliphatic heterocycles. The maximum atomic E-state index is 12.0. The van der Waals surface area contributed by atoms with Crippen LogP contribution in [-0.4, -0.2) is 42.2 Å². The molecule has 0 aromatic carbocycles. The predicted molar refractivity (Wildman–Crippen MR) is 70.6 cm³/mol. The molecule has 0 saturated heterocycles. The van der Waals surface area contributed by atoms with Gasteiger partial charge in [0.05, 0.1) is 0 Å². The van der Waals surface area contributed by atoms with Crippen molar-refractivity contribution in [2.45, 2.75) is 40.0 Å². The Labute approximate surface area is 105 Å². The van der Waals surface area contributed by atoms with Crippen LogP contribution in [0.25, 0.3) is 0 Å². The minimum Gasteiger partial charge on any atom is -0.396 e. The summed E-state index contributed by atoms with van der Waals surface area (Å²) < 4.78 is 0. The molecular weight excluding hydrogens is 216 g/mol. The Hall–Kier alpha value is -0.610. The van der Waals surface area contributed by atoms with Gasteiger partial charge >= 0.3 is 0 Å². The number of nitrogens with zero attached hydrogens (tertiary/aromatic N) is 1. The summed E-state index contributed by atoms with van der Waals surface area (Å²) in [5.41, 5.74) is 5.70. The highest BCUT2D eigenvalue weighted by molar-refractivity contribution is 5.76. The molecule has 0 aliphatic carbocycles. The van der Waals surface area contributed by atoms with Crippen molar-refractivity contribution in [3.05, 3.63) is 0 Å². The molecule has 1 unspecified atom stereocenters. The minimum absolute atomic E-state index is 0.135. The Kier molecular flexibility index (Phi) is 9.09. The fourth-order valence-corrected chi connectivity index (χ4v) is 2.03. The first kappa shape index (κ1) is 16.4. The summed E-state index contributed by atoms with van der Waals surface area (Å²) in [6.45, 7) is 8.32. The summed E-state index contributed by atoms with van der Waals surface area (Å²) in [6.07, 6.45) is 2.19. The fourth-order valence-electron chi connectivity index (χ4n) is 2.03. The van der Waals surface area contributed by atoms with Crippen molar-refractivity contribution < 1.29 is 9.90 Å². The van der Waals surface area contributed by atoms with E-state index in [9.17, 15) is 4.79 Å². The number of amides is 1. The van der Waals surface area contributed by atoms with Gasteiger partial charge in [0.2, 0.25) is 5.91 Å². The zero-order chi connectivity index (χ0) is 13.3. The van der Waals surface area contributed by atoms with Crippen molar-refractivity contribution >= 4 is 5.91 Å². The molecule has 3 N–H and O–H groups in total. The highest BCUT2D eigenvalue weighted by atomic mass is 16.3. The smallest absolute Gasteiger partial charge is 0.222 e. The number of aliphatic hydroxyl groups is 1. The van der Waals surface area contributed by atoms with Crippen LogP contribution in [0.5, 0.6) is 0 Å². The zero-order valence-corrected chi connectivity index (χ0v) is 11.5. The summed E-state index contributed by atoms with van der Waals surface area (Å²) in [5, 5.41) is 8.78. The molecule has 0 radical (unpaired) electrons. The molecule has 0 heterocycles. The van der Waals surface area contributed by atoms with Gasteiger partial charge in [0.1, 0.15) is 0 Å². The minimum atomic E-state index is 0.135. The molecule has 0 spiro atoms. The SMILES string of the molecule is CCN(CCCO)C(=O)CC(CN)CC(C)C. The molecule has 0 bridgehead atoms. The quantitative estimate of drug-likeness (QED) is 0.641. The van der Waals surface area contributed by atoms with Crippen LogP contribution < -0.4 is 5.73 Å². The van der Waals surface area contributed by atoms with Gasteiger partial charge in [0.15, 0.2) is 0 Å². The van der Waals surface area contributed by atoms with Crippen molar-refractivity contribution in [2.24, 2.45) is 17.6 Å². The maximum Gasteiger partial charge on any atom is 0.222 e. The lowest BCUT2D eigenvalue weighted by molar-refractivity contribution is -0.132. The molecule has 0 aromatic rings. The van der Waals surface area contributed by atoms with Crippen LogP contribution in [0, 0.1) is 11.8 Å². The Morgan fingerprint density at radius 1 is 1.41 bits per heavy atom. The molecule has 0 rings (SSSR count). The number of hydrogen-bond donors (Lipinski definition) is 2. The average molecular weight is 244 g/mol. The van der Waals surface area contributed by atoms with Gasteiger partial charge in [-0.15, -0.1) is 0 Å². The maximum absolute atomic E-state index is 12.0. The van der Waals surface area contributed by atoms with Crippen LogP contribution in [0.2, 0.25) is 0 Å². The average Bonchev–Trinajstić information content (AvgIpc) is 2.28. The topological polar surface area (TPSA) is 66.6 Å². The number of carbonyl (C=O) groups excluding carboxylic acids is 1. The molecule has 1 amide bonds. The lowest BCUT2D eigenvalue weighted by Gasteiger charge is -2.24. The Morgan fingerprint density at radius 2 is 2.06 bits per heavy atom. The normalized spacial score (nSPS) is 12.8. The molecule has 0 aliphatic rings. The molecule has 1 atom stereocenters. The van der Waals surface area contributed by atoms with E-state index in [2.05, 4.69) is 13.8 Å². The lowest BCUT2D eigenvalue weighted by atomic mass is 9.94. The summed E-state index contributed by atoms with van der Waals surface area (Å²) in [6, 6.07) is 0. The van der Waals surface area contributed by atoms with Crippen molar-refractivity contribution in [2.75, 3.05) is 26.2 Å². The Bertz CT molecular complexity index is 208. The van der Waals surface area contributed by atoms with Crippen molar-refractivity contribution in [1.82, 2.24) is 4.90 Å². The highest BCUT2D eigenvalue weighted by Gasteiger charge is 2.17. The molecule has 4 heteroatoms. The molecule has 0 saturated carbocycles. The standard InChI is InChI=1S/C13H28N2O2/c1-4-15(6-5-7-16)13(17)9-12(10-14)8-11(2)3/h11-12,16H,4-10,14H2,1-3H3. The number of nitrogens with two attached hydrogens (primary N) is 1. The van der Waals surface area contributed by atoms with Gasteiger partial charge in [-0.3, -0.25) is 4.79 Å². The van der Waals surface area contributed by atoms with Gasteiger partial charge in [-0.2, -0.15) is 0 Å². The number of hydrogen-bond acceptors (Lipinski definition) is 3. The van der Waals surface area contributed by atoms with E-state index < -0.39 is 0 Å². The number of rotatable bonds is 9. The van der Waals surface area contributed by atoms with Crippen LogP contribution in [0.1, 0.15) is 40.0 Å². The van der Waals surface area contributed by atoms with E-state index in [0.717, 1.165) is 6.42 Å². The molecular formula is C13H28N2O2. The molecule has 102 valence electrons. The second-order valence-electron chi connectivity index (χ2n) is 4.99. The van der Waals surface area contributed by atoms with E-state index in [1.54, 1.807) is 4.90 Å². The molecule has 17 heavy (non-hydrogen) atoms. The lowest BCUT2D eigenvalue weighted by Crippen LogP contribution is -2.34. The van der Waals surface area contributed by atoms with Crippen LogP contribution >= 0.6 is 0 Å². The van der Waals surface area contributed by atoms with Crippen molar-refractivity contribution in [3.63, 3.8) is 0 Å². The Morgan fingerprint density at radius 3 is 2.47 bits per heavy atom. The van der Waals surface area contributed by atoms with Crippen molar-refractivity contribution in [1.29, 1.82) is 0 Å². The van der Waals surface area contributed by atoms with E-state index in [4.69, 9.17) is 10.8 Å². The highest BCUT2D eigenvalue weighted by Crippen LogP contribution is 2.15. The van der Waals surface area contributed by atoms with Crippen LogP contribution in [0.15, 0.2) is 0 Å². The third kappa shape index (κ3) is 7.34. The van der Waals surface area contributed by atoms with Crippen molar-refractivity contribution in [3.8, 4) is 0 Å². The van der Waals surface area contributed by atoms with Gasteiger partial charge in [-0.05, 0) is 38.1 Å². The predicted octanol–water partition coefficient (Wildman–Crippen LogP) is 1.23. The van der Waals surface area contributed by atoms with Gasteiger partial charge < -0.3 is 15.7 Å². The summed E-state index contributed by atoms with van der Waals surface area (Å²) in [7, 11) is 0. The van der Waals surface area contributed by atoms with Crippen LogP contribution in [0.4, 0.5) is 0 Å². The monoisotopic (exact) mass is 244 g/mol. The van der Waals surface area contributed by atoms with E-state index in [1.807, 2.05) is 6.92 Å². The summed E-state index contributed by atoms with van der Waals surface area (Å²) in [4.78, 5) is 13.8. The second kappa shape index (κ2) is 9.42. The van der Waals surface area contributed by atoms with Gasteiger partial charge in [-0.25, -0.2) is 0 Å². The number of carbonyl (C=O) groups is 1. The third-order valence-corrected chi connectivity index (χ3v) is 2.92. The van der Waals surface area contributed by atoms with Gasteiger partial charge in [0.25, 0.3) is 0 Å². The van der Waals surface area contributed by atoms with E-state index in [0.29, 0.717) is 38.4 Å². The first-order valence-corrected chi connectivity index (χ1v) is 6.63.